The normalized spacial score (nSPS) is 21.5. The summed E-state index contributed by atoms with van der Waals surface area (Å²) in [5, 5.41) is 2.77. The van der Waals surface area contributed by atoms with Crippen LogP contribution < -0.4 is 0 Å². The third-order valence-corrected chi connectivity index (χ3v) is 4.48. The van der Waals surface area contributed by atoms with E-state index in [1.54, 1.807) is 0 Å². The van der Waals surface area contributed by atoms with Crippen LogP contribution in [0.3, 0.4) is 0 Å². The molecule has 2 aliphatic rings. The average Bonchev–Trinajstić information content (AvgIpc) is 2.87. The smallest absolute Gasteiger partial charge is 0.186 e. The zero-order valence-corrected chi connectivity index (χ0v) is 11.7. The van der Waals surface area contributed by atoms with Gasteiger partial charge < -0.3 is 0 Å². The van der Waals surface area contributed by atoms with Crippen LogP contribution in [0.25, 0.3) is 10.8 Å². The molecule has 2 aromatic carbocycles. The van der Waals surface area contributed by atoms with E-state index in [9.17, 15) is 0 Å². The van der Waals surface area contributed by atoms with Crippen molar-refractivity contribution < 1.29 is 4.58 Å². The van der Waals surface area contributed by atoms with Crippen molar-refractivity contribution in [2.75, 3.05) is 0 Å². The summed E-state index contributed by atoms with van der Waals surface area (Å²) in [6.07, 6.45) is 3.41. The molecule has 0 unspecified atom stereocenters. The van der Waals surface area contributed by atoms with Crippen LogP contribution >= 0.6 is 0 Å². The molecule has 0 spiro atoms. The number of rotatable bonds is 0. The Kier molecular flexibility index (Phi) is 1.94. The lowest BCUT2D eigenvalue weighted by Gasteiger charge is -2.15. The molecule has 2 aromatic rings. The van der Waals surface area contributed by atoms with Crippen molar-refractivity contribution in [1.82, 2.24) is 0 Å². The van der Waals surface area contributed by atoms with E-state index in [1.165, 1.54) is 33.3 Å². The molecule has 4 rings (SSSR count). The molecule has 19 heavy (non-hydrogen) atoms. The van der Waals surface area contributed by atoms with Gasteiger partial charge in [0.2, 0.25) is 11.4 Å². The van der Waals surface area contributed by atoms with Gasteiger partial charge in [0.25, 0.3) is 0 Å². The van der Waals surface area contributed by atoms with Crippen molar-refractivity contribution in [2.24, 2.45) is 0 Å². The molecule has 0 saturated heterocycles. The van der Waals surface area contributed by atoms with E-state index in [4.69, 9.17) is 0 Å². The Morgan fingerprint density at radius 3 is 2.58 bits per heavy atom. The van der Waals surface area contributed by atoms with Crippen molar-refractivity contribution in [3.63, 3.8) is 0 Å². The molecule has 0 atom stereocenters. The zero-order valence-electron chi connectivity index (χ0n) is 11.7. The first-order valence-corrected chi connectivity index (χ1v) is 6.98. The van der Waals surface area contributed by atoms with Gasteiger partial charge in [-0.15, -0.1) is 0 Å². The summed E-state index contributed by atoms with van der Waals surface area (Å²) in [4.78, 5) is 0. The second kappa shape index (κ2) is 3.36. The molecule has 0 aliphatic carbocycles. The lowest BCUT2D eigenvalue weighted by molar-refractivity contribution is -0.512. The maximum absolute atomic E-state index is 2.54. The fraction of sp³-hybridized carbons (Fsp3) is 0.278. The summed E-state index contributed by atoms with van der Waals surface area (Å²) >= 11 is 0. The highest BCUT2D eigenvalue weighted by molar-refractivity contribution is 6.22. The fourth-order valence-electron chi connectivity index (χ4n) is 3.76. The molecule has 0 amide bonds. The van der Waals surface area contributed by atoms with Gasteiger partial charge in [0.05, 0.1) is 10.9 Å². The Morgan fingerprint density at radius 2 is 1.84 bits per heavy atom. The molecule has 1 nitrogen and oxygen atoms in total. The summed E-state index contributed by atoms with van der Waals surface area (Å²) in [5.74, 6) is 0. The van der Waals surface area contributed by atoms with E-state index < -0.39 is 0 Å². The number of allylic oxidation sites excluding steroid dienone is 1. The number of benzene rings is 2. The van der Waals surface area contributed by atoms with Gasteiger partial charge in [-0.1, -0.05) is 30.3 Å². The van der Waals surface area contributed by atoms with Crippen molar-refractivity contribution >= 4 is 22.2 Å². The SMILES string of the molecule is C/C=C1\CC(C)(C)[N+]2=C1c1cccc3cccc2c13. The minimum Gasteiger partial charge on any atom is -0.186 e. The first kappa shape index (κ1) is 11.0. The van der Waals surface area contributed by atoms with E-state index in [1.807, 2.05) is 0 Å². The molecule has 0 N–H and O–H groups in total. The van der Waals surface area contributed by atoms with Gasteiger partial charge in [0.15, 0.2) is 5.54 Å². The van der Waals surface area contributed by atoms with Gasteiger partial charge in [-0.2, -0.15) is 4.58 Å². The molecule has 0 radical (unpaired) electrons. The quantitative estimate of drug-likeness (QED) is 0.607. The predicted octanol–water partition coefficient (Wildman–Crippen LogP) is 4.42. The first-order chi connectivity index (χ1) is 9.13. The van der Waals surface area contributed by atoms with Crippen LogP contribution in [0.15, 0.2) is 48.0 Å². The molecule has 1 heteroatoms. The second-order valence-electron chi connectivity index (χ2n) is 6.17. The number of fused-ring (bicyclic) bond motifs is 2. The molecule has 2 aliphatic heterocycles. The van der Waals surface area contributed by atoms with Crippen LogP contribution in [0.1, 0.15) is 32.8 Å². The molecule has 0 fully saturated rings. The topological polar surface area (TPSA) is 3.01 Å². The summed E-state index contributed by atoms with van der Waals surface area (Å²) < 4.78 is 2.54. The molecular formula is C18H18N+. The van der Waals surface area contributed by atoms with Crippen LogP contribution in [-0.4, -0.2) is 15.8 Å². The van der Waals surface area contributed by atoms with E-state index in [-0.39, 0.29) is 5.54 Å². The van der Waals surface area contributed by atoms with Crippen LogP contribution in [0, 0.1) is 0 Å². The van der Waals surface area contributed by atoms with Crippen molar-refractivity contribution in [1.29, 1.82) is 0 Å². The molecular weight excluding hydrogens is 230 g/mol. The maximum atomic E-state index is 2.54. The summed E-state index contributed by atoms with van der Waals surface area (Å²) in [6.45, 7) is 6.84. The Labute approximate surface area is 113 Å². The lowest BCUT2D eigenvalue weighted by atomic mass is 9.92. The zero-order chi connectivity index (χ0) is 13.2. The van der Waals surface area contributed by atoms with Gasteiger partial charge in [-0.05, 0) is 18.4 Å². The largest absolute Gasteiger partial charge is 0.217 e. The third kappa shape index (κ3) is 1.23. The number of hydrogen-bond acceptors (Lipinski definition) is 0. The number of hydrogen-bond donors (Lipinski definition) is 0. The fourth-order valence-corrected chi connectivity index (χ4v) is 3.76. The van der Waals surface area contributed by atoms with Crippen LogP contribution in [0.4, 0.5) is 5.69 Å². The van der Waals surface area contributed by atoms with E-state index in [0.717, 1.165) is 6.42 Å². The lowest BCUT2D eigenvalue weighted by Crippen LogP contribution is -2.28. The van der Waals surface area contributed by atoms with E-state index in [2.05, 4.69) is 67.8 Å². The standard InChI is InChI=1S/C18H18N/c1-4-12-11-18(2,3)19-15-10-6-8-13-7-5-9-14(16(13)15)17(12)19/h4-10H,11H2,1-3H3/q+1/b12-4+. The Morgan fingerprint density at radius 1 is 1.11 bits per heavy atom. The Bertz CT molecular complexity index is 770. The van der Waals surface area contributed by atoms with Crippen molar-refractivity contribution in [3.8, 4) is 0 Å². The summed E-state index contributed by atoms with van der Waals surface area (Å²) in [7, 11) is 0. The van der Waals surface area contributed by atoms with Gasteiger partial charge in [0, 0.05) is 31.9 Å². The highest BCUT2D eigenvalue weighted by Gasteiger charge is 2.49. The molecule has 2 heterocycles. The van der Waals surface area contributed by atoms with Gasteiger partial charge in [0.1, 0.15) is 0 Å². The predicted molar refractivity (Wildman–Crippen MR) is 80.4 cm³/mol. The van der Waals surface area contributed by atoms with Gasteiger partial charge in [-0.25, -0.2) is 0 Å². The van der Waals surface area contributed by atoms with E-state index in [0.29, 0.717) is 0 Å². The van der Waals surface area contributed by atoms with Crippen molar-refractivity contribution in [2.45, 2.75) is 32.7 Å². The van der Waals surface area contributed by atoms with Crippen LogP contribution in [0.2, 0.25) is 0 Å². The Balaban J connectivity index is 2.18. The van der Waals surface area contributed by atoms with Crippen molar-refractivity contribution in [3.05, 3.63) is 53.6 Å². The van der Waals surface area contributed by atoms with Crippen LogP contribution in [-0.2, 0) is 0 Å². The molecule has 0 bridgehead atoms. The molecule has 0 saturated carbocycles. The highest BCUT2D eigenvalue weighted by Crippen LogP contribution is 2.46. The minimum atomic E-state index is 0.171. The number of nitrogens with zero attached hydrogens (tertiary/aromatic N) is 1. The average molecular weight is 248 g/mol. The monoisotopic (exact) mass is 248 g/mol. The third-order valence-electron chi connectivity index (χ3n) is 4.48. The summed E-state index contributed by atoms with van der Waals surface area (Å²) in [6, 6.07) is 13.3. The molecule has 0 aromatic heterocycles. The summed E-state index contributed by atoms with van der Waals surface area (Å²) in [5.41, 5.74) is 5.87. The molecule has 94 valence electrons. The maximum Gasteiger partial charge on any atom is 0.217 e. The van der Waals surface area contributed by atoms with E-state index >= 15 is 0 Å². The van der Waals surface area contributed by atoms with Crippen LogP contribution in [0.5, 0.6) is 0 Å². The highest BCUT2D eigenvalue weighted by atomic mass is 15.1. The van der Waals surface area contributed by atoms with Gasteiger partial charge >= 0.3 is 0 Å². The minimum absolute atomic E-state index is 0.171. The van der Waals surface area contributed by atoms with Gasteiger partial charge in [-0.3, -0.25) is 0 Å². The second-order valence-corrected chi connectivity index (χ2v) is 6.17. The first-order valence-electron chi connectivity index (χ1n) is 6.98. The Hall–Kier alpha value is -1.89.